The number of fused-ring (bicyclic) bond motifs is 3. The smallest absolute Gasteiger partial charge is 0.336 e. The van der Waals surface area contributed by atoms with Crippen molar-refractivity contribution in [1.82, 2.24) is 0 Å². The summed E-state index contributed by atoms with van der Waals surface area (Å²) >= 11 is 1.85. The lowest BCUT2D eigenvalue weighted by Gasteiger charge is -2.38. The van der Waals surface area contributed by atoms with E-state index in [1.807, 2.05) is 30.0 Å². The fraction of sp³-hybridized carbons (Fsp3) is 0.192. The Morgan fingerprint density at radius 1 is 1.00 bits per heavy atom. The molecule has 1 heterocycles. The van der Waals surface area contributed by atoms with Gasteiger partial charge in [0.15, 0.2) is 0 Å². The molecule has 150 valence electrons. The van der Waals surface area contributed by atoms with Crippen LogP contribution in [0.1, 0.15) is 45.4 Å². The van der Waals surface area contributed by atoms with Crippen molar-refractivity contribution in [3.8, 4) is 0 Å². The third-order valence-corrected chi connectivity index (χ3v) is 7.19. The van der Waals surface area contributed by atoms with Gasteiger partial charge in [0.1, 0.15) is 0 Å². The minimum Gasteiger partial charge on any atom is -0.478 e. The molecule has 30 heavy (non-hydrogen) atoms. The summed E-state index contributed by atoms with van der Waals surface area (Å²) in [5.74, 6) is 0.711. The van der Waals surface area contributed by atoms with Gasteiger partial charge >= 0.3 is 5.97 Å². The number of thioether (sulfide) groups is 1. The van der Waals surface area contributed by atoms with Crippen LogP contribution in [0.3, 0.4) is 0 Å². The summed E-state index contributed by atoms with van der Waals surface area (Å²) in [7, 11) is 0. The minimum atomic E-state index is -0.867. The standard InChI is InChI=1S/C26H23NO2S/c28-26(29)22-10-5-4-9-21(22)25-20-12-6-11-19(20)23-15-17(13-14-24(23)27-25)16-30-18-7-2-1-3-8-18/h1-11,13-15,19-20,25,27H,12,16H2,(H,28,29)/t19-,20-,25-/m1/s1. The lowest BCUT2D eigenvalue weighted by molar-refractivity contribution is 0.0694. The molecule has 3 atom stereocenters. The summed E-state index contributed by atoms with van der Waals surface area (Å²) in [5, 5.41) is 13.3. The summed E-state index contributed by atoms with van der Waals surface area (Å²) in [6.45, 7) is 0. The number of carboxylic acid groups (broad SMARTS) is 1. The molecule has 0 fully saturated rings. The molecule has 1 aliphatic carbocycles. The number of hydrogen-bond acceptors (Lipinski definition) is 3. The van der Waals surface area contributed by atoms with Crippen molar-refractivity contribution < 1.29 is 9.90 Å². The van der Waals surface area contributed by atoms with E-state index < -0.39 is 5.97 Å². The van der Waals surface area contributed by atoms with Gasteiger partial charge in [0.25, 0.3) is 0 Å². The molecule has 1 aliphatic heterocycles. The monoisotopic (exact) mass is 413 g/mol. The van der Waals surface area contributed by atoms with Crippen LogP contribution in [-0.4, -0.2) is 11.1 Å². The minimum absolute atomic E-state index is 0.00524. The number of carboxylic acids is 1. The highest BCUT2D eigenvalue weighted by Crippen LogP contribution is 2.50. The van der Waals surface area contributed by atoms with Crippen LogP contribution in [0.25, 0.3) is 0 Å². The number of aromatic carboxylic acids is 1. The van der Waals surface area contributed by atoms with E-state index in [2.05, 4.69) is 59.9 Å². The summed E-state index contributed by atoms with van der Waals surface area (Å²) in [5.41, 5.74) is 5.01. The van der Waals surface area contributed by atoms with Crippen LogP contribution in [0.4, 0.5) is 5.69 Å². The van der Waals surface area contributed by atoms with E-state index in [0.29, 0.717) is 17.4 Å². The number of nitrogens with one attached hydrogen (secondary N) is 1. The second kappa shape index (κ2) is 8.04. The van der Waals surface area contributed by atoms with Crippen LogP contribution >= 0.6 is 11.8 Å². The van der Waals surface area contributed by atoms with Gasteiger partial charge in [0, 0.05) is 22.3 Å². The Morgan fingerprint density at radius 3 is 2.63 bits per heavy atom. The Balaban J connectivity index is 1.45. The van der Waals surface area contributed by atoms with Crippen molar-refractivity contribution in [2.75, 3.05) is 5.32 Å². The third-order valence-electron chi connectivity index (χ3n) is 6.10. The molecular weight excluding hydrogens is 390 g/mol. The van der Waals surface area contributed by atoms with Crippen molar-refractivity contribution in [1.29, 1.82) is 0 Å². The third kappa shape index (κ3) is 3.52. The van der Waals surface area contributed by atoms with Gasteiger partial charge in [-0.1, -0.05) is 60.7 Å². The van der Waals surface area contributed by atoms with Crippen LogP contribution in [0.5, 0.6) is 0 Å². The van der Waals surface area contributed by atoms with Crippen molar-refractivity contribution in [2.45, 2.75) is 29.0 Å². The molecule has 5 rings (SSSR count). The zero-order valence-corrected chi connectivity index (χ0v) is 17.3. The van der Waals surface area contributed by atoms with Crippen LogP contribution in [-0.2, 0) is 5.75 Å². The number of rotatable bonds is 5. The Morgan fingerprint density at radius 2 is 1.80 bits per heavy atom. The summed E-state index contributed by atoms with van der Waals surface area (Å²) in [6, 6.07) is 24.5. The van der Waals surface area contributed by atoms with E-state index in [1.54, 1.807) is 12.1 Å². The van der Waals surface area contributed by atoms with Crippen molar-refractivity contribution in [3.63, 3.8) is 0 Å². The molecule has 2 N–H and O–H groups in total. The van der Waals surface area contributed by atoms with Gasteiger partial charge in [-0.2, -0.15) is 0 Å². The number of anilines is 1. The molecule has 0 aromatic heterocycles. The lowest BCUT2D eigenvalue weighted by atomic mass is 9.76. The fourth-order valence-electron chi connectivity index (χ4n) is 4.69. The maximum atomic E-state index is 11.8. The Hall–Kier alpha value is -2.98. The maximum absolute atomic E-state index is 11.8. The number of hydrogen-bond donors (Lipinski definition) is 2. The highest BCUT2D eigenvalue weighted by molar-refractivity contribution is 7.98. The molecule has 0 bridgehead atoms. The topological polar surface area (TPSA) is 49.3 Å². The Labute approximate surface area is 180 Å². The highest BCUT2D eigenvalue weighted by Gasteiger charge is 2.39. The average Bonchev–Trinajstić information content (AvgIpc) is 3.28. The quantitative estimate of drug-likeness (QED) is 0.370. The molecule has 3 aromatic carbocycles. The number of carbonyl (C=O) groups is 1. The molecule has 0 saturated carbocycles. The molecular formula is C26H23NO2S. The van der Waals surface area contributed by atoms with Gasteiger partial charge in [-0.05, 0) is 53.3 Å². The number of allylic oxidation sites excluding steroid dienone is 2. The normalized spacial score (nSPS) is 21.5. The van der Waals surface area contributed by atoms with Gasteiger partial charge in [-0.3, -0.25) is 0 Å². The molecule has 3 nitrogen and oxygen atoms in total. The molecule has 0 unspecified atom stereocenters. The van der Waals surface area contributed by atoms with Gasteiger partial charge < -0.3 is 10.4 Å². The SMILES string of the molecule is O=C(O)c1ccccc1[C@@H]1Nc2ccc(CSc3ccccc3)cc2[C@@H]2C=CC[C@H]21. The maximum Gasteiger partial charge on any atom is 0.336 e. The highest BCUT2D eigenvalue weighted by atomic mass is 32.2. The predicted molar refractivity (Wildman–Crippen MR) is 122 cm³/mol. The van der Waals surface area contributed by atoms with Crippen LogP contribution in [0.15, 0.2) is 89.8 Å². The van der Waals surface area contributed by atoms with Crippen molar-refractivity contribution in [2.24, 2.45) is 5.92 Å². The van der Waals surface area contributed by atoms with Crippen LogP contribution in [0.2, 0.25) is 0 Å². The zero-order chi connectivity index (χ0) is 20.5. The van der Waals surface area contributed by atoms with E-state index in [0.717, 1.165) is 23.4 Å². The van der Waals surface area contributed by atoms with Crippen LogP contribution in [0, 0.1) is 5.92 Å². The van der Waals surface area contributed by atoms with E-state index >= 15 is 0 Å². The fourth-order valence-corrected chi connectivity index (χ4v) is 5.55. The Kier molecular flexibility index (Phi) is 5.09. The second-order valence-corrected chi connectivity index (χ2v) is 8.94. The summed E-state index contributed by atoms with van der Waals surface area (Å²) < 4.78 is 0. The Bertz CT molecular complexity index is 1110. The molecule has 2 aliphatic rings. The van der Waals surface area contributed by atoms with E-state index in [4.69, 9.17) is 0 Å². The first-order valence-corrected chi connectivity index (χ1v) is 11.3. The lowest BCUT2D eigenvalue weighted by Crippen LogP contribution is -2.30. The van der Waals surface area contributed by atoms with E-state index in [-0.39, 0.29) is 6.04 Å². The van der Waals surface area contributed by atoms with Crippen molar-refractivity contribution >= 4 is 23.4 Å². The van der Waals surface area contributed by atoms with E-state index in [9.17, 15) is 9.90 Å². The molecule has 0 radical (unpaired) electrons. The molecule has 4 heteroatoms. The summed E-state index contributed by atoms with van der Waals surface area (Å²) in [4.78, 5) is 13.1. The first-order chi connectivity index (χ1) is 14.7. The summed E-state index contributed by atoms with van der Waals surface area (Å²) in [6.07, 6.45) is 5.50. The first kappa shape index (κ1) is 19.0. The number of benzene rings is 3. The van der Waals surface area contributed by atoms with Gasteiger partial charge in [0.05, 0.1) is 11.6 Å². The largest absolute Gasteiger partial charge is 0.478 e. The van der Waals surface area contributed by atoms with Crippen molar-refractivity contribution in [3.05, 3.63) is 107 Å². The molecule has 0 spiro atoms. The molecule has 0 amide bonds. The van der Waals surface area contributed by atoms with Gasteiger partial charge in [-0.25, -0.2) is 4.79 Å². The second-order valence-electron chi connectivity index (χ2n) is 7.89. The van der Waals surface area contributed by atoms with Crippen LogP contribution < -0.4 is 5.32 Å². The average molecular weight is 414 g/mol. The molecule has 0 saturated heterocycles. The zero-order valence-electron chi connectivity index (χ0n) is 16.5. The first-order valence-electron chi connectivity index (χ1n) is 10.3. The van der Waals surface area contributed by atoms with Gasteiger partial charge in [-0.15, -0.1) is 11.8 Å². The molecule has 3 aromatic rings. The van der Waals surface area contributed by atoms with E-state index in [1.165, 1.54) is 16.0 Å². The van der Waals surface area contributed by atoms with Gasteiger partial charge in [0.2, 0.25) is 0 Å². The predicted octanol–water partition coefficient (Wildman–Crippen LogP) is 6.50.